The monoisotopic (exact) mass is 420 g/mol. The van der Waals surface area contributed by atoms with Gasteiger partial charge in [0.1, 0.15) is 17.9 Å². The number of amides is 1. The molecule has 3 rings (SSSR count). The third-order valence-electron chi connectivity index (χ3n) is 4.67. The van der Waals surface area contributed by atoms with Crippen molar-refractivity contribution in [2.45, 2.75) is 26.3 Å². The summed E-state index contributed by atoms with van der Waals surface area (Å²) in [7, 11) is 0. The number of ether oxygens (including phenoxy) is 1. The Kier molecular flexibility index (Phi) is 6.83. The Hall–Kier alpha value is -3.92. The lowest BCUT2D eigenvalue weighted by molar-refractivity contribution is -0.145. The molecule has 1 unspecified atom stereocenters. The third kappa shape index (κ3) is 5.17. The van der Waals surface area contributed by atoms with E-state index >= 15 is 0 Å². The second-order valence-electron chi connectivity index (χ2n) is 6.94. The van der Waals surface area contributed by atoms with E-state index in [-0.39, 0.29) is 24.4 Å². The molecule has 0 aliphatic carbocycles. The van der Waals surface area contributed by atoms with Crippen LogP contribution in [0.15, 0.2) is 59.2 Å². The van der Waals surface area contributed by atoms with Gasteiger partial charge in [-0.2, -0.15) is 5.26 Å². The summed E-state index contributed by atoms with van der Waals surface area (Å²) < 4.78 is 24.4. The molecule has 0 radical (unpaired) electrons. The van der Waals surface area contributed by atoms with Gasteiger partial charge in [0.2, 0.25) is 0 Å². The van der Waals surface area contributed by atoms with E-state index in [0.717, 1.165) is 11.1 Å². The van der Waals surface area contributed by atoms with Crippen LogP contribution in [0.25, 0.3) is 11.1 Å². The second kappa shape index (κ2) is 9.72. The Bertz CT molecular complexity index is 1150. The predicted molar refractivity (Wildman–Crippen MR) is 112 cm³/mol. The number of benzene rings is 2. The first kappa shape index (κ1) is 21.8. The normalized spacial score (nSPS) is 11.4. The van der Waals surface area contributed by atoms with Gasteiger partial charge in [-0.05, 0) is 43.2 Å². The van der Waals surface area contributed by atoms with Crippen LogP contribution in [0.5, 0.6) is 0 Å². The van der Waals surface area contributed by atoms with Crippen molar-refractivity contribution >= 4 is 11.9 Å². The Labute approximate surface area is 179 Å². The summed E-state index contributed by atoms with van der Waals surface area (Å²) in [6, 6.07) is 14.0. The van der Waals surface area contributed by atoms with Crippen molar-refractivity contribution in [2.24, 2.45) is 0 Å². The van der Waals surface area contributed by atoms with Gasteiger partial charge < -0.3 is 14.5 Å². The maximum Gasteiger partial charge on any atom is 0.328 e. The number of nitrogens with zero attached hydrogens (tertiary/aromatic N) is 1. The molecule has 6 nitrogen and oxygen atoms in total. The van der Waals surface area contributed by atoms with Crippen LogP contribution in [0.2, 0.25) is 0 Å². The number of nitrogens with one attached hydrogen (secondary N) is 1. The molecule has 0 bridgehead atoms. The molecule has 7 heteroatoms. The van der Waals surface area contributed by atoms with Crippen LogP contribution in [-0.4, -0.2) is 24.5 Å². The van der Waals surface area contributed by atoms with Crippen LogP contribution in [0, 0.1) is 24.1 Å². The molecule has 1 aromatic heterocycles. The van der Waals surface area contributed by atoms with Crippen molar-refractivity contribution in [3.05, 3.63) is 83.1 Å². The number of hydrogen-bond donors (Lipinski definition) is 1. The second-order valence-corrected chi connectivity index (χ2v) is 6.94. The zero-order valence-electron chi connectivity index (χ0n) is 17.1. The van der Waals surface area contributed by atoms with Gasteiger partial charge in [0, 0.05) is 12.0 Å². The average Bonchev–Trinajstić information content (AvgIpc) is 3.24. The number of esters is 1. The first-order chi connectivity index (χ1) is 14.9. The van der Waals surface area contributed by atoms with Gasteiger partial charge >= 0.3 is 5.97 Å². The summed E-state index contributed by atoms with van der Waals surface area (Å²) in [5, 5.41) is 11.5. The van der Waals surface area contributed by atoms with E-state index in [0.29, 0.717) is 11.1 Å². The molecule has 0 aliphatic rings. The summed E-state index contributed by atoms with van der Waals surface area (Å²) >= 11 is 0. The molecule has 2 aromatic carbocycles. The maximum absolute atomic E-state index is 14.0. The average molecular weight is 420 g/mol. The number of carbonyl (C=O) groups is 2. The zero-order valence-corrected chi connectivity index (χ0v) is 17.1. The summed E-state index contributed by atoms with van der Waals surface area (Å²) in [6.45, 7) is 3.72. The summed E-state index contributed by atoms with van der Waals surface area (Å²) in [4.78, 5) is 25.4. The first-order valence-electron chi connectivity index (χ1n) is 9.73. The van der Waals surface area contributed by atoms with Gasteiger partial charge in [-0.25, -0.2) is 9.18 Å². The predicted octanol–water partition coefficient (Wildman–Crippen LogP) is 4.17. The van der Waals surface area contributed by atoms with Crippen molar-refractivity contribution < 1.29 is 23.1 Å². The van der Waals surface area contributed by atoms with Crippen molar-refractivity contribution in [3.8, 4) is 17.2 Å². The smallest absolute Gasteiger partial charge is 0.328 e. The molecule has 0 spiro atoms. The van der Waals surface area contributed by atoms with Crippen LogP contribution in [0.3, 0.4) is 0 Å². The SMILES string of the molecule is CCOC(=O)C(Cc1ccc(C#N)c(F)c1)NC(=O)c1occc1-c1cccc(C)c1. The number of furan rings is 1. The molecule has 1 amide bonds. The minimum absolute atomic E-state index is 0.00626. The Morgan fingerprint density at radius 2 is 2.03 bits per heavy atom. The van der Waals surface area contributed by atoms with E-state index < -0.39 is 23.7 Å². The molecule has 1 N–H and O–H groups in total. The molecule has 158 valence electrons. The quantitative estimate of drug-likeness (QED) is 0.579. The van der Waals surface area contributed by atoms with Gasteiger partial charge in [-0.3, -0.25) is 4.79 Å². The van der Waals surface area contributed by atoms with E-state index in [1.165, 1.54) is 24.5 Å². The number of nitriles is 1. The summed E-state index contributed by atoms with van der Waals surface area (Å²) in [6.07, 6.45) is 1.40. The van der Waals surface area contributed by atoms with Gasteiger partial charge in [0.05, 0.1) is 18.4 Å². The fourth-order valence-corrected chi connectivity index (χ4v) is 3.20. The highest BCUT2D eigenvalue weighted by Gasteiger charge is 2.26. The number of halogens is 1. The number of rotatable bonds is 7. The number of hydrogen-bond acceptors (Lipinski definition) is 5. The maximum atomic E-state index is 14.0. The molecule has 3 aromatic rings. The highest BCUT2D eigenvalue weighted by molar-refractivity contribution is 6.00. The van der Waals surface area contributed by atoms with Crippen molar-refractivity contribution in [1.29, 1.82) is 5.26 Å². The minimum atomic E-state index is -1.06. The number of carbonyl (C=O) groups excluding carboxylic acids is 2. The molecule has 0 saturated heterocycles. The molecule has 31 heavy (non-hydrogen) atoms. The third-order valence-corrected chi connectivity index (χ3v) is 4.67. The summed E-state index contributed by atoms with van der Waals surface area (Å²) in [5.41, 5.74) is 2.76. The fraction of sp³-hybridized carbons (Fsp3) is 0.208. The van der Waals surface area contributed by atoms with E-state index in [4.69, 9.17) is 14.4 Å². The van der Waals surface area contributed by atoms with Gasteiger partial charge in [-0.1, -0.05) is 35.9 Å². The summed E-state index contributed by atoms with van der Waals surface area (Å²) in [5.74, 6) is -1.87. The lowest BCUT2D eigenvalue weighted by atomic mass is 10.0. The van der Waals surface area contributed by atoms with E-state index in [9.17, 15) is 14.0 Å². The minimum Gasteiger partial charge on any atom is -0.464 e. The number of aryl methyl sites for hydroxylation is 1. The van der Waals surface area contributed by atoms with Crippen LogP contribution in [0.4, 0.5) is 4.39 Å². The Balaban J connectivity index is 1.85. The van der Waals surface area contributed by atoms with E-state index in [1.54, 1.807) is 19.1 Å². The molecule has 1 heterocycles. The zero-order chi connectivity index (χ0) is 22.4. The Morgan fingerprint density at radius 3 is 2.71 bits per heavy atom. The van der Waals surface area contributed by atoms with Gasteiger partial charge in [0.25, 0.3) is 5.91 Å². The lowest BCUT2D eigenvalue weighted by Crippen LogP contribution is -2.43. The molecule has 0 aliphatic heterocycles. The van der Waals surface area contributed by atoms with Crippen molar-refractivity contribution in [3.63, 3.8) is 0 Å². The lowest BCUT2D eigenvalue weighted by Gasteiger charge is -2.17. The largest absolute Gasteiger partial charge is 0.464 e. The van der Waals surface area contributed by atoms with Crippen LogP contribution in [0.1, 0.15) is 34.2 Å². The van der Waals surface area contributed by atoms with Gasteiger partial charge in [-0.15, -0.1) is 0 Å². The van der Waals surface area contributed by atoms with Crippen molar-refractivity contribution in [2.75, 3.05) is 6.61 Å². The Morgan fingerprint density at radius 1 is 1.23 bits per heavy atom. The molecule has 0 saturated carbocycles. The molecule has 0 fully saturated rings. The topological polar surface area (TPSA) is 92.3 Å². The molecule has 1 atom stereocenters. The van der Waals surface area contributed by atoms with Crippen LogP contribution in [-0.2, 0) is 16.0 Å². The van der Waals surface area contributed by atoms with Crippen LogP contribution < -0.4 is 5.32 Å². The standard InChI is InChI=1S/C24H21FN2O4/c1-3-30-24(29)21(13-16-7-8-18(14-26)20(25)12-16)27-23(28)22-19(9-10-31-22)17-6-4-5-15(2)11-17/h4-12,21H,3,13H2,1-2H3,(H,27,28). The van der Waals surface area contributed by atoms with E-state index in [1.807, 2.05) is 31.2 Å². The highest BCUT2D eigenvalue weighted by Crippen LogP contribution is 2.26. The van der Waals surface area contributed by atoms with E-state index in [2.05, 4.69) is 5.32 Å². The van der Waals surface area contributed by atoms with Gasteiger partial charge in [0.15, 0.2) is 5.76 Å². The van der Waals surface area contributed by atoms with Crippen LogP contribution >= 0.6 is 0 Å². The van der Waals surface area contributed by atoms with Crippen molar-refractivity contribution in [1.82, 2.24) is 5.32 Å². The fourth-order valence-electron chi connectivity index (χ4n) is 3.20. The molecular weight excluding hydrogens is 399 g/mol. The first-order valence-corrected chi connectivity index (χ1v) is 9.73. The molecular formula is C24H21FN2O4. The highest BCUT2D eigenvalue weighted by atomic mass is 19.1.